The van der Waals surface area contributed by atoms with Crippen LogP contribution in [0.15, 0.2) is 53.1 Å². The van der Waals surface area contributed by atoms with Crippen LogP contribution in [0.4, 0.5) is 0 Å². The maximum Gasteiger partial charge on any atom is 0.307 e. The Hall–Kier alpha value is -1.72. The van der Waals surface area contributed by atoms with Crippen LogP contribution in [-0.2, 0) is 10.4 Å². The van der Waals surface area contributed by atoms with Crippen LogP contribution in [0, 0.1) is 0 Å². The van der Waals surface area contributed by atoms with E-state index in [9.17, 15) is 9.90 Å². The van der Waals surface area contributed by atoms with Gasteiger partial charge in [-0.05, 0) is 29.8 Å². The van der Waals surface area contributed by atoms with Crippen molar-refractivity contribution in [1.29, 1.82) is 0 Å². The van der Waals surface area contributed by atoms with E-state index in [1.54, 1.807) is 42.5 Å². The fourth-order valence-corrected chi connectivity index (χ4v) is 2.16. The molecule has 0 saturated carbocycles. The summed E-state index contributed by atoms with van der Waals surface area (Å²) in [4.78, 5) is 15.1. The zero-order chi connectivity index (χ0) is 13.9. The van der Waals surface area contributed by atoms with Crippen molar-refractivity contribution in [3.8, 4) is 0 Å². The van der Waals surface area contributed by atoms with E-state index in [0.717, 1.165) is 4.47 Å². The molecule has 0 radical (unpaired) electrons. The highest BCUT2D eigenvalue weighted by Gasteiger charge is 2.35. The molecule has 0 fully saturated rings. The number of aliphatic carboxylic acids is 1. The molecule has 1 aromatic carbocycles. The van der Waals surface area contributed by atoms with Crippen LogP contribution in [0.25, 0.3) is 0 Å². The average molecular weight is 322 g/mol. The summed E-state index contributed by atoms with van der Waals surface area (Å²) < 4.78 is 0.856. The standard InChI is InChI=1S/C14H12BrNO3/c15-11-6-4-10(5-7-11)14(19,9-13(17)18)12-3-1-2-8-16-12/h1-8,19H,9H2,(H,17,18). The summed E-state index contributed by atoms with van der Waals surface area (Å²) in [5, 5.41) is 19.8. The number of hydrogen-bond donors (Lipinski definition) is 2. The first kappa shape index (κ1) is 13.7. The first-order valence-corrected chi connectivity index (χ1v) is 6.43. The Bertz CT molecular complexity index is 571. The van der Waals surface area contributed by atoms with E-state index >= 15 is 0 Å². The molecule has 1 heterocycles. The predicted octanol–water partition coefficient (Wildman–Crippen LogP) is 2.55. The van der Waals surface area contributed by atoms with Crippen LogP contribution in [0.5, 0.6) is 0 Å². The van der Waals surface area contributed by atoms with Crippen molar-refractivity contribution >= 4 is 21.9 Å². The third-order valence-electron chi connectivity index (χ3n) is 2.82. The molecule has 0 aliphatic carbocycles. The maximum absolute atomic E-state index is 11.0. The molecule has 0 amide bonds. The zero-order valence-corrected chi connectivity index (χ0v) is 11.5. The molecule has 19 heavy (non-hydrogen) atoms. The van der Waals surface area contributed by atoms with Gasteiger partial charge >= 0.3 is 5.97 Å². The maximum atomic E-state index is 11.0. The summed E-state index contributed by atoms with van der Waals surface area (Å²) in [6.45, 7) is 0. The molecular formula is C14H12BrNO3. The van der Waals surface area contributed by atoms with E-state index in [0.29, 0.717) is 11.3 Å². The number of carboxylic acids is 1. The lowest BCUT2D eigenvalue weighted by Gasteiger charge is -2.26. The molecule has 98 valence electrons. The highest BCUT2D eigenvalue weighted by molar-refractivity contribution is 9.10. The van der Waals surface area contributed by atoms with Crippen molar-refractivity contribution in [1.82, 2.24) is 4.98 Å². The van der Waals surface area contributed by atoms with Gasteiger partial charge in [-0.15, -0.1) is 0 Å². The molecule has 0 saturated heterocycles. The van der Waals surface area contributed by atoms with Crippen LogP contribution < -0.4 is 0 Å². The number of aliphatic hydroxyl groups is 1. The Kier molecular flexibility index (Phi) is 3.97. The number of aromatic nitrogens is 1. The van der Waals surface area contributed by atoms with Crippen molar-refractivity contribution in [2.24, 2.45) is 0 Å². The van der Waals surface area contributed by atoms with Crippen LogP contribution in [0.3, 0.4) is 0 Å². The van der Waals surface area contributed by atoms with E-state index in [4.69, 9.17) is 5.11 Å². The van der Waals surface area contributed by atoms with Gasteiger partial charge in [-0.1, -0.05) is 34.1 Å². The number of benzene rings is 1. The van der Waals surface area contributed by atoms with Gasteiger partial charge in [-0.3, -0.25) is 9.78 Å². The number of nitrogens with zero attached hydrogens (tertiary/aromatic N) is 1. The average Bonchev–Trinajstić information content (AvgIpc) is 2.39. The van der Waals surface area contributed by atoms with Gasteiger partial charge in [-0.2, -0.15) is 0 Å². The van der Waals surface area contributed by atoms with E-state index in [2.05, 4.69) is 20.9 Å². The molecule has 2 rings (SSSR count). The molecule has 5 heteroatoms. The lowest BCUT2D eigenvalue weighted by Crippen LogP contribution is -2.31. The number of pyridine rings is 1. The number of carboxylic acid groups (broad SMARTS) is 1. The quantitative estimate of drug-likeness (QED) is 0.907. The normalized spacial score (nSPS) is 13.8. The second-order valence-corrected chi connectivity index (χ2v) is 5.07. The van der Waals surface area contributed by atoms with Crippen LogP contribution in [0.2, 0.25) is 0 Å². The first-order chi connectivity index (χ1) is 9.02. The van der Waals surface area contributed by atoms with Crippen molar-refractivity contribution in [3.05, 3.63) is 64.4 Å². The lowest BCUT2D eigenvalue weighted by atomic mass is 9.87. The summed E-state index contributed by atoms with van der Waals surface area (Å²) in [5.74, 6) is -1.09. The molecule has 0 aliphatic rings. The number of halogens is 1. The van der Waals surface area contributed by atoms with Crippen LogP contribution in [-0.4, -0.2) is 21.2 Å². The Morgan fingerprint density at radius 1 is 1.21 bits per heavy atom. The molecule has 1 unspecified atom stereocenters. The Labute approximate surface area is 118 Å². The fourth-order valence-electron chi connectivity index (χ4n) is 1.89. The number of hydrogen-bond acceptors (Lipinski definition) is 3. The summed E-state index contributed by atoms with van der Waals surface area (Å²) in [6, 6.07) is 11.9. The van der Waals surface area contributed by atoms with Gasteiger partial charge in [-0.25, -0.2) is 0 Å². The van der Waals surface area contributed by atoms with Crippen molar-refractivity contribution < 1.29 is 15.0 Å². The molecule has 2 aromatic rings. The van der Waals surface area contributed by atoms with E-state index in [1.165, 1.54) is 6.20 Å². The monoisotopic (exact) mass is 321 g/mol. The minimum Gasteiger partial charge on any atom is -0.481 e. The highest BCUT2D eigenvalue weighted by Crippen LogP contribution is 2.32. The van der Waals surface area contributed by atoms with Gasteiger partial charge in [0.2, 0.25) is 0 Å². The molecule has 1 aromatic heterocycles. The Morgan fingerprint density at radius 3 is 2.42 bits per heavy atom. The third kappa shape index (κ3) is 3.00. The van der Waals surface area contributed by atoms with Gasteiger partial charge < -0.3 is 10.2 Å². The van der Waals surface area contributed by atoms with Crippen molar-refractivity contribution in [3.63, 3.8) is 0 Å². The highest BCUT2D eigenvalue weighted by atomic mass is 79.9. The molecule has 0 bridgehead atoms. The smallest absolute Gasteiger partial charge is 0.307 e. The van der Waals surface area contributed by atoms with E-state index in [1.807, 2.05) is 0 Å². The van der Waals surface area contributed by atoms with Gasteiger partial charge in [0.05, 0.1) is 12.1 Å². The minimum atomic E-state index is -1.63. The van der Waals surface area contributed by atoms with Gasteiger partial charge in [0, 0.05) is 10.7 Å². The third-order valence-corrected chi connectivity index (χ3v) is 3.35. The van der Waals surface area contributed by atoms with Gasteiger partial charge in [0.1, 0.15) is 5.60 Å². The van der Waals surface area contributed by atoms with Gasteiger partial charge in [0.15, 0.2) is 0 Å². The molecule has 1 atom stereocenters. The molecule has 4 nitrogen and oxygen atoms in total. The van der Waals surface area contributed by atoms with Crippen LogP contribution >= 0.6 is 15.9 Å². The van der Waals surface area contributed by atoms with Crippen LogP contribution in [0.1, 0.15) is 17.7 Å². The zero-order valence-electron chi connectivity index (χ0n) is 9.95. The molecule has 0 aliphatic heterocycles. The Balaban J connectivity index is 2.51. The van der Waals surface area contributed by atoms with E-state index in [-0.39, 0.29) is 0 Å². The molecule has 0 spiro atoms. The second kappa shape index (κ2) is 5.50. The summed E-state index contributed by atoms with van der Waals surface area (Å²) >= 11 is 3.31. The largest absolute Gasteiger partial charge is 0.481 e. The molecule has 2 N–H and O–H groups in total. The summed E-state index contributed by atoms with van der Waals surface area (Å²) in [5.41, 5.74) is -0.815. The number of carbonyl (C=O) groups is 1. The summed E-state index contributed by atoms with van der Waals surface area (Å²) in [6.07, 6.45) is 1.09. The molecular weight excluding hydrogens is 310 g/mol. The fraction of sp³-hybridized carbons (Fsp3) is 0.143. The first-order valence-electron chi connectivity index (χ1n) is 5.64. The second-order valence-electron chi connectivity index (χ2n) is 4.15. The van der Waals surface area contributed by atoms with Gasteiger partial charge in [0.25, 0.3) is 0 Å². The predicted molar refractivity (Wildman–Crippen MR) is 73.6 cm³/mol. The van der Waals surface area contributed by atoms with Crippen molar-refractivity contribution in [2.75, 3.05) is 0 Å². The topological polar surface area (TPSA) is 70.4 Å². The van der Waals surface area contributed by atoms with E-state index < -0.39 is 18.0 Å². The number of rotatable bonds is 4. The SMILES string of the molecule is O=C(O)CC(O)(c1ccc(Br)cc1)c1ccccn1. The Morgan fingerprint density at radius 2 is 1.89 bits per heavy atom. The minimum absolute atomic E-state index is 0.319. The van der Waals surface area contributed by atoms with Crippen molar-refractivity contribution in [2.45, 2.75) is 12.0 Å². The summed E-state index contributed by atoms with van der Waals surface area (Å²) in [7, 11) is 0. The lowest BCUT2D eigenvalue weighted by molar-refractivity contribution is -0.141.